The molecule has 7 nitrogen and oxygen atoms in total. The van der Waals surface area contributed by atoms with Gasteiger partial charge < -0.3 is 9.80 Å². The minimum Gasteiger partial charge on any atom is -0.328 e. The number of carbonyl (C=O) groups excluding carboxylic acids is 1. The van der Waals surface area contributed by atoms with Gasteiger partial charge in [0.1, 0.15) is 5.69 Å². The zero-order valence-corrected chi connectivity index (χ0v) is 19.6. The van der Waals surface area contributed by atoms with Crippen LogP contribution in [0.1, 0.15) is 24.1 Å². The molecule has 0 bridgehead atoms. The molecule has 1 aliphatic heterocycles. The molecule has 5 rings (SSSR count). The fourth-order valence-electron chi connectivity index (χ4n) is 4.71. The third-order valence-corrected chi connectivity index (χ3v) is 6.55. The highest BCUT2D eigenvalue weighted by molar-refractivity contribution is 5.89. The number of amides is 1. The lowest BCUT2D eigenvalue weighted by atomic mass is 9.97. The van der Waals surface area contributed by atoms with Crippen LogP contribution in [0, 0.1) is 17.2 Å². The Morgan fingerprint density at radius 2 is 2.00 bits per heavy atom. The van der Waals surface area contributed by atoms with E-state index in [1.54, 1.807) is 24.5 Å². The zero-order chi connectivity index (χ0) is 23.7. The van der Waals surface area contributed by atoms with Crippen molar-refractivity contribution in [3.63, 3.8) is 0 Å². The normalized spacial score (nSPS) is 17.7. The highest BCUT2D eigenvalue weighted by atomic mass is 16.2. The predicted molar refractivity (Wildman–Crippen MR) is 130 cm³/mol. The van der Waals surface area contributed by atoms with Gasteiger partial charge in [-0.25, -0.2) is 0 Å². The molecular formula is C27H28N6O. The van der Waals surface area contributed by atoms with Crippen molar-refractivity contribution in [2.45, 2.75) is 32.0 Å². The van der Waals surface area contributed by atoms with Crippen LogP contribution in [0.3, 0.4) is 0 Å². The summed E-state index contributed by atoms with van der Waals surface area (Å²) in [6.45, 7) is 1.92. The van der Waals surface area contributed by atoms with E-state index in [2.05, 4.69) is 15.7 Å². The van der Waals surface area contributed by atoms with Crippen molar-refractivity contribution in [1.82, 2.24) is 24.6 Å². The maximum Gasteiger partial charge on any atom is 0.246 e. The second-order valence-electron chi connectivity index (χ2n) is 9.32. The van der Waals surface area contributed by atoms with Crippen molar-refractivity contribution in [2.24, 2.45) is 5.92 Å². The van der Waals surface area contributed by atoms with E-state index >= 15 is 0 Å². The van der Waals surface area contributed by atoms with Crippen LogP contribution in [0.2, 0.25) is 0 Å². The molecule has 1 aliphatic carbocycles. The number of likely N-dealkylation sites (N-methyl/N-ethyl adjacent to an activating group) is 1. The summed E-state index contributed by atoms with van der Waals surface area (Å²) in [6, 6.07) is 13.9. The van der Waals surface area contributed by atoms with Gasteiger partial charge in [-0.15, -0.1) is 0 Å². The Hall–Kier alpha value is -3.76. The second-order valence-corrected chi connectivity index (χ2v) is 9.32. The summed E-state index contributed by atoms with van der Waals surface area (Å²) in [4.78, 5) is 21.5. The molecule has 172 valence electrons. The number of aromatic nitrogens is 3. The fraction of sp³-hybridized carbons (Fsp3) is 0.333. The Balaban J connectivity index is 1.59. The van der Waals surface area contributed by atoms with E-state index in [-0.39, 0.29) is 11.9 Å². The first-order chi connectivity index (χ1) is 16.5. The number of benzene rings is 1. The minimum absolute atomic E-state index is 0.0555. The van der Waals surface area contributed by atoms with Gasteiger partial charge in [0.05, 0.1) is 36.5 Å². The van der Waals surface area contributed by atoms with Crippen molar-refractivity contribution in [3.05, 3.63) is 72.2 Å². The number of hydrogen-bond acceptors (Lipinski definition) is 5. The molecule has 1 atom stereocenters. The van der Waals surface area contributed by atoms with E-state index in [1.807, 2.05) is 60.3 Å². The molecule has 3 aromatic rings. The molecular weight excluding hydrogens is 424 g/mol. The molecule has 7 heteroatoms. The van der Waals surface area contributed by atoms with Gasteiger partial charge in [0.2, 0.25) is 5.91 Å². The molecule has 0 radical (unpaired) electrons. The SMILES string of the molecule is CN(C)C/C=C/C(=O)N1Cc2c(-c3ccncc3)c(-c3cccc(C#N)c3)nn2C[C@@H]1C1CC1. The van der Waals surface area contributed by atoms with Crippen molar-refractivity contribution in [2.75, 3.05) is 20.6 Å². The van der Waals surface area contributed by atoms with Gasteiger partial charge in [-0.05, 0) is 62.7 Å². The van der Waals surface area contributed by atoms with Gasteiger partial charge in [-0.2, -0.15) is 10.4 Å². The van der Waals surface area contributed by atoms with Gasteiger partial charge in [0, 0.05) is 36.1 Å². The molecule has 2 aliphatic rings. The van der Waals surface area contributed by atoms with Crippen LogP contribution in [-0.4, -0.2) is 57.2 Å². The number of nitrogens with zero attached hydrogens (tertiary/aromatic N) is 6. The van der Waals surface area contributed by atoms with Crippen LogP contribution < -0.4 is 0 Å². The zero-order valence-electron chi connectivity index (χ0n) is 19.6. The highest BCUT2D eigenvalue weighted by Crippen LogP contribution is 2.42. The van der Waals surface area contributed by atoms with Crippen LogP contribution in [0.4, 0.5) is 0 Å². The number of fused-ring (bicyclic) bond motifs is 1. The summed E-state index contributed by atoms with van der Waals surface area (Å²) in [6.07, 6.45) is 9.50. The molecule has 0 unspecified atom stereocenters. The number of hydrogen-bond donors (Lipinski definition) is 0. The summed E-state index contributed by atoms with van der Waals surface area (Å²) in [7, 11) is 3.98. The lowest BCUT2D eigenvalue weighted by molar-refractivity contribution is -0.130. The van der Waals surface area contributed by atoms with E-state index in [4.69, 9.17) is 5.10 Å². The summed E-state index contributed by atoms with van der Waals surface area (Å²) in [5.74, 6) is 0.582. The molecule has 1 amide bonds. The van der Waals surface area contributed by atoms with Crippen molar-refractivity contribution < 1.29 is 4.79 Å². The summed E-state index contributed by atoms with van der Waals surface area (Å²) >= 11 is 0. The molecule has 1 fully saturated rings. The van der Waals surface area contributed by atoms with Crippen LogP contribution in [0.15, 0.2) is 60.9 Å². The molecule has 0 spiro atoms. The topological polar surface area (TPSA) is 78.1 Å². The molecule has 0 saturated heterocycles. The van der Waals surface area contributed by atoms with Crippen molar-refractivity contribution in [1.29, 1.82) is 5.26 Å². The van der Waals surface area contributed by atoms with Gasteiger partial charge in [0.15, 0.2) is 0 Å². The first kappa shape index (κ1) is 22.1. The average molecular weight is 453 g/mol. The minimum atomic E-state index is 0.0555. The van der Waals surface area contributed by atoms with Crippen LogP contribution in [-0.2, 0) is 17.9 Å². The van der Waals surface area contributed by atoms with E-state index in [0.717, 1.165) is 47.5 Å². The van der Waals surface area contributed by atoms with E-state index in [0.29, 0.717) is 24.6 Å². The Morgan fingerprint density at radius 1 is 1.21 bits per heavy atom. The van der Waals surface area contributed by atoms with Gasteiger partial charge in [0.25, 0.3) is 0 Å². The maximum absolute atomic E-state index is 13.3. The predicted octanol–water partition coefficient (Wildman–Crippen LogP) is 3.72. The lowest BCUT2D eigenvalue weighted by Gasteiger charge is -2.36. The smallest absolute Gasteiger partial charge is 0.246 e. The van der Waals surface area contributed by atoms with Gasteiger partial charge in [-0.3, -0.25) is 14.5 Å². The average Bonchev–Trinajstić information content (AvgIpc) is 3.63. The molecule has 1 saturated carbocycles. The van der Waals surface area contributed by atoms with Crippen LogP contribution in [0.25, 0.3) is 22.4 Å². The Morgan fingerprint density at radius 3 is 2.71 bits per heavy atom. The largest absolute Gasteiger partial charge is 0.328 e. The number of pyridine rings is 1. The van der Waals surface area contributed by atoms with Crippen LogP contribution >= 0.6 is 0 Å². The molecule has 34 heavy (non-hydrogen) atoms. The first-order valence-corrected chi connectivity index (χ1v) is 11.7. The number of rotatable bonds is 6. The Kier molecular flexibility index (Phi) is 5.99. The molecule has 2 aromatic heterocycles. The fourth-order valence-corrected chi connectivity index (χ4v) is 4.71. The first-order valence-electron chi connectivity index (χ1n) is 11.7. The van der Waals surface area contributed by atoms with Crippen molar-refractivity contribution in [3.8, 4) is 28.5 Å². The lowest BCUT2D eigenvalue weighted by Crippen LogP contribution is -2.47. The van der Waals surface area contributed by atoms with E-state index in [1.165, 1.54) is 0 Å². The highest BCUT2D eigenvalue weighted by Gasteiger charge is 2.41. The number of carbonyl (C=O) groups is 1. The van der Waals surface area contributed by atoms with E-state index < -0.39 is 0 Å². The quantitative estimate of drug-likeness (QED) is 0.533. The number of nitriles is 1. The van der Waals surface area contributed by atoms with Crippen molar-refractivity contribution >= 4 is 5.91 Å². The molecule has 0 N–H and O–H groups in total. The molecule has 1 aromatic carbocycles. The Bertz CT molecular complexity index is 1270. The maximum atomic E-state index is 13.3. The monoisotopic (exact) mass is 452 g/mol. The third kappa shape index (κ3) is 4.37. The van der Waals surface area contributed by atoms with E-state index in [9.17, 15) is 10.1 Å². The summed E-state index contributed by atoms with van der Waals surface area (Å²) in [5.41, 5.74) is 5.37. The van der Waals surface area contributed by atoms with Gasteiger partial charge in [-0.1, -0.05) is 18.2 Å². The summed E-state index contributed by atoms with van der Waals surface area (Å²) < 4.78 is 2.08. The van der Waals surface area contributed by atoms with Gasteiger partial charge >= 0.3 is 0 Å². The third-order valence-electron chi connectivity index (χ3n) is 6.55. The van der Waals surface area contributed by atoms with Crippen LogP contribution in [0.5, 0.6) is 0 Å². The molecule has 3 heterocycles. The standard InChI is InChI=1S/C27H28N6O/c1-31(2)14-4-7-25(34)32-17-24-26(21-10-12-29-13-11-21)27(22-6-3-5-19(15-22)16-28)30-33(24)18-23(32)20-8-9-20/h3-7,10-13,15,20,23H,8-9,14,17-18H2,1-2H3/b7-4+/t23-/m1/s1. The summed E-state index contributed by atoms with van der Waals surface area (Å²) in [5, 5.41) is 14.5. The Labute approximate surface area is 199 Å². The second kappa shape index (κ2) is 9.24.